The molecule has 1 unspecified atom stereocenters. The molecule has 1 aromatic heterocycles. The van der Waals surface area contributed by atoms with Crippen molar-refractivity contribution in [3.8, 4) is 0 Å². The van der Waals surface area contributed by atoms with Gasteiger partial charge in [0.15, 0.2) is 0 Å². The van der Waals surface area contributed by atoms with Crippen molar-refractivity contribution in [2.45, 2.75) is 19.9 Å². The zero-order valence-corrected chi connectivity index (χ0v) is 9.94. The van der Waals surface area contributed by atoms with Crippen LogP contribution in [0, 0.1) is 13.8 Å². The first-order valence-electron chi connectivity index (χ1n) is 5.38. The fourth-order valence-electron chi connectivity index (χ4n) is 1.92. The number of nitrogens with two attached hydrogens (primary N) is 1. The lowest BCUT2D eigenvalue weighted by Gasteiger charge is -2.15. The van der Waals surface area contributed by atoms with Crippen molar-refractivity contribution in [3.63, 3.8) is 0 Å². The topological polar surface area (TPSA) is 43.8 Å². The van der Waals surface area contributed by atoms with Gasteiger partial charge < -0.3 is 10.3 Å². The molecule has 2 aromatic rings. The predicted molar refractivity (Wildman–Crippen MR) is 65.2 cm³/mol. The van der Waals surface area contributed by atoms with E-state index < -0.39 is 0 Å². The molecule has 84 valence electrons. The Morgan fingerprint density at radius 1 is 1.31 bits per heavy atom. The Kier molecular flexibility index (Phi) is 2.79. The smallest absolute Gasteiger partial charge is 0.0946 e. The number of rotatable bonds is 2. The molecule has 0 bridgehead atoms. The van der Waals surface area contributed by atoms with Crippen molar-refractivity contribution in [3.05, 3.63) is 53.1 Å². The van der Waals surface area contributed by atoms with Crippen LogP contribution in [0.5, 0.6) is 0 Å². The van der Waals surface area contributed by atoms with E-state index in [0.717, 1.165) is 5.69 Å². The molecule has 0 radical (unpaired) electrons. The molecule has 0 spiro atoms. The number of hydrogen-bond acceptors (Lipinski definition) is 2. The molecule has 0 aliphatic rings. The predicted octanol–water partition coefficient (Wildman–Crippen LogP) is 2.09. The Morgan fingerprint density at radius 3 is 2.69 bits per heavy atom. The summed E-state index contributed by atoms with van der Waals surface area (Å²) in [6, 6.07) is 6.26. The third-order valence-electron chi connectivity index (χ3n) is 2.94. The Bertz CT molecular complexity index is 500. The van der Waals surface area contributed by atoms with E-state index in [-0.39, 0.29) is 6.04 Å². The van der Waals surface area contributed by atoms with Crippen LogP contribution in [0.2, 0.25) is 0 Å². The molecule has 0 saturated heterocycles. The molecule has 2 N–H and O–H groups in total. The number of hydrogen-bond donors (Lipinski definition) is 1. The Morgan fingerprint density at radius 2 is 2.06 bits per heavy atom. The van der Waals surface area contributed by atoms with Crippen LogP contribution in [-0.2, 0) is 7.05 Å². The lowest BCUT2D eigenvalue weighted by atomic mass is 9.98. The second-order valence-corrected chi connectivity index (χ2v) is 4.27. The molecule has 0 saturated carbocycles. The van der Waals surface area contributed by atoms with E-state index in [4.69, 9.17) is 5.73 Å². The molecule has 1 heterocycles. The van der Waals surface area contributed by atoms with Crippen molar-refractivity contribution >= 4 is 0 Å². The summed E-state index contributed by atoms with van der Waals surface area (Å²) in [5.41, 5.74) is 10.9. The van der Waals surface area contributed by atoms with Gasteiger partial charge >= 0.3 is 0 Å². The molecule has 2 rings (SSSR count). The van der Waals surface area contributed by atoms with Gasteiger partial charge in [-0.1, -0.05) is 23.8 Å². The third-order valence-corrected chi connectivity index (χ3v) is 2.94. The van der Waals surface area contributed by atoms with Crippen molar-refractivity contribution in [2.75, 3.05) is 0 Å². The van der Waals surface area contributed by atoms with Gasteiger partial charge in [-0.15, -0.1) is 0 Å². The van der Waals surface area contributed by atoms with Gasteiger partial charge in [0.1, 0.15) is 0 Å². The average Bonchev–Trinajstić information content (AvgIpc) is 2.67. The Balaban J connectivity index is 2.45. The molecule has 1 atom stereocenters. The van der Waals surface area contributed by atoms with Gasteiger partial charge in [-0.3, -0.25) is 0 Å². The SMILES string of the molecule is Cc1ccc(C)c(C(N)c2cncn2C)c1. The number of benzene rings is 1. The minimum Gasteiger partial charge on any atom is -0.336 e. The Labute approximate surface area is 95.9 Å². The van der Waals surface area contributed by atoms with Gasteiger partial charge in [-0.25, -0.2) is 4.98 Å². The summed E-state index contributed by atoms with van der Waals surface area (Å²) >= 11 is 0. The van der Waals surface area contributed by atoms with Crippen molar-refractivity contribution in [1.29, 1.82) is 0 Å². The van der Waals surface area contributed by atoms with Crippen LogP contribution in [-0.4, -0.2) is 9.55 Å². The quantitative estimate of drug-likeness (QED) is 0.833. The van der Waals surface area contributed by atoms with Crippen molar-refractivity contribution in [2.24, 2.45) is 12.8 Å². The fourth-order valence-corrected chi connectivity index (χ4v) is 1.92. The average molecular weight is 215 g/mol. The highest BCUT2D eigenvalue weighted by Gasteiger charge is 2.14. The van der Waals surface area contributed by atoms with E-state index >= 15 is 0 Å². The van der Waals surface area contributed by atoms with Gasteiger partial charge in [-0.05, 0) is 25.0 Å². The van der Waals surface area contributed by atoms with Crippen LogP contribution in [0.4, 0.5) is 0 Å². The molecule has 0 aliphatic carbocycles. The number of imidazole rings is 1. The van der Waals surface area contributed by atoms with Crippen molar-refractivity contribution in [1.82, 2.24) is 9.55 Å². The van der Waals surface area contributed by atoms with Crippen LogP contribution in [0.3, 0.4) is 0 Å². The highest BCUT2D eigenvalue weighted by molar-refractivity contribution is 5.36. The summed E-state index contributed by atoms with van der Waals surface area (Å²) < 4.78 is 1.96. The molecule has 0 aliphatic heterocycles. The van der Waals surface area contributed by atoms with Crippen LogP contribution in [0.25, 0.3) is 0 Å². The number of aromatic nitrogens is 2. The fraction of sp³-hybridized carbons (Fsp3) is 0.308. The van der Waals surface area contributed by atoms with Gasteiger partial charge in [0, 0.05) is 7.05 Å². The summed E-state index contributed by atoms with van der Waals surface area (Å²) in [5.74, 6) is 0. The second kappa shape index (κ2) is 4.10. The van der Waals surface area contributed by atoms with Gasteiger partial charge in [0.05, 0.1) is 24.3 Å². The highest BCUT2D eigenvalue weighted by Crippen LogP contribution is 2.22. The van der Waals surface area contributed by atoms with Crippen LogP contribution in [0.15, 0.2) is 30.7 Å². The van der Waals surface area contributed by atoms with Crippen LogP contribution >= 0.6 is 0 Å². The Hall–Kier alpha value is -1.61. The molecular weight excluding hydrogens is 198 g/mol. The molecular formula is C13H17N3. The summed E-state index contributed by atoms with van der Waals surface area (Å²) in [5, 5.41) is 0. The van der Waals surface area contributed by atoms with Gasteiger partial charge in [-0.2, -0.15) is 0 Å². The van der Waals surface area contributed by atoms with Crippen LogP contribution in [0.1, 0.15) is 28.4 Å². The molecule has 3 nitrogen and oxygen atoms in total. The highest BCUT2D eigenvalue weighted by atomic mass is 15.0. The summed E-state index contributed by atoms with van der Waals surface area (Å²) in [4.78, 5) is 4.10. The number of nitrogens with zero attached hydrogens (tertiary/aromatic N) is 2. The monoisotopic (exact) mass is 215 g/mol. The minimum absolute atomic E-state index is 0.104. The van der Waals surface area contributed by atoms with E-state index in [9.17, 15) is 0 Å². The van der Waals surface area contributed by atoms with Gasteiger partial charge in [0.25, 0.3) is 0 Å². The first-order valence-corrected chi connectivity index (χ1v) is 5.38. The normalized spacial score (nSPS) is 12.8. The van der Waals surface area contributed by atoms with E-state index in [1.165, 1.54) is 16.7 Å². The van der Waals surface area contributed by atoms with E-state index in [0.29, 0.717) is 0 Å². The first kappa shape index (κ1) is 10.9. The maximum Gasteiger partial charge on any atom is 0.0946 e. The largest absolute Gasteiger partial charge is 0.336 e. The zero-order valence-electron chi connectivity index (χ0n) is 9.94. The molecule has 0 fully saturated rings. The lowest BCUT2D eigenvalue weighted by molar-refractivity contribution is 0.742. The first-order chi connectivity index (χ1) is 7.59. The molecule has 16 heavy (non-hydrogen) atoms. The van der Waals surface area contributed by atoms with E-state index in [1.54, 1.807) is 6.33 Å². The minimum atomic E-state index is -0.104. The standard InChI is InChI=1S/C13H17N3/c1-9-4-5-10(2)11(6-9)13(14)12-7-15-8-16(12)3/h4-8,13H,14H2,1-3H3. The number of aryl methyl sites for hydroxylation is 3. The maximum absolute atomic E-state index is 6.27. The maximum atomic E-state index is 6.27. The molecule has 0 amide bonds. The summed E-state index contributed by atoms with van der Waals surface area (Å²) in [6.07, 6.45) is 3.60. The lowest BCUT2D eigenvalue weighted by Crippen LogP contribution is -2.16. The van der Waals surface area contributed by atoms with Gasteiger partial charge in [0.2, 0.25) is 0 Å². The second-order valence-electron chi connectivity index (χ2n) is 4.27. The summed E-state index contributed by atoms with van der Waals surface area (Å²) in [7, 11) is 1.97. The molecule has 3 heteroatoms. The molecule has 1 aromatic carbocycles. The zero-order chi connectivity index (χ0) is 11.7. The van der Waals surface area contributed by atoms with E-state index in [2.05, 4.69) is 37.0 Å². The van der Waals surface area contributed by atoms with Crippen molar-refractivity contribution < 1.29 is 0 Å². The summed E-state index contributed by atoms with van der Waals surface area (Å²) in [6.45, 7) is 4.17. The van der Waals surface area contributed by atoms with Crippen LogP contribution < -0.4 is 5.73 Å². The third kappa shape index (κ3) is 1.86. The van der Waals surface area contributed by atoms with E-state index in [1.807, 2.05) is 17.8 Å².